The number of hydrogen-bond donors (Lipinski definition) is 3. The van der Waals surface area contributed by atoms with Gasteiger partial charge in [-0.15, -0.1) is 11.3 Å². The number of fused-ring (bicyclic) bond motifs is 2. The number of thiophene rings is 1. The minimum Gasteiger partial charge on any atom is -0.365 e. The van der Waals surface area contributed by atoms with Crippen LogP contribution in [0.2, 0.25) is 0 Å². The molecule has 0 spiro atoms. The summed E-state index contributed by atoms with van der Waals surface area (Å²) in [6, 6.07) is 13.5. The fourth-order valence-electron chi connectivity index (χ4n) is 4.56. The Balaban J connectivity index is 1.74. The summed E-state index contributed by atoms with van der Waals surface area (Å²) < 4.78 is 0. The Morgan fingerprint density at radius 3 is 2.45 bits per heavy atom. The van der Waals surface area contributed by atoms with E-state index >= 15 is 0 Å². The number of primary amides is 1. The molecule has 0 unspecified atom stereocenters. The van der Waals surface area contributed by atoms with Crippen LogP contribution in [0.5, 0.6) is 0 Å². The van der Waals surface area contributed by atoms with Gasteiger partial charge in [-0.3, -0.25) is 9.59 Å². The molecule has 0 saturated heterocycles. The quantitative estimate of drug-likeness (QED) is 0.620. The Kier molecular flexibility index (Phi) is 4.52. The first-order valence-corrected chi connectivity index (χ1v) is 10.5. The summed E-state index contributed by atoms with van der Waals surface area (Å²) in [5.41, 5.74) is 7.48. The van der Waals surface area contributed by atoms with E-state index in [1.54, 1.807) is 6.07 Å². The van der Waals surface area contributed by atoms with Gasteiger partial charge in [-0.25, -0.2) is 0 Å². The monoisotopic (exact) mass is 408 g/mol. The SMILES string of the molecule is CC1(C)Cc2c(sc(NC(=O)c3ccc4ccccc4c3)c2C(N)=O)C(C)(C)[NH2+]1. The van der Waals surface area contributed by atoms with Gasteiger partial charge < -0.3 is 16.4 Å². The van der Waals surface area contributed by atoms with Crippen molar-refractivity contribution >= 4 is 38.9 Å². The van der Waals surface area contributed by atoms with E-state index in [2.05, 4.69) is 38.3 Å². The van der Waals surface area contributed by atoms with Crippen molar-refractivity contribution < 1.29 is 14.9 Å². The summed E-state index contributed by atoms with van der Waals surface area (Å²) in [5.74, 6) is -0.734. The number of benzene rings is 2. The Bertz CT molecular complexity index is 1140. The molecule has 1 aliphatic heterocycles. The lowest BCUT2D eigenvalue weighted by Gasteiger charge is -2.38. The standard InChI is InChI=1S/C23H25N3O2S/c1-22(2)12-16-17(19(24)27)21(29-18(16)23(3,4)26-22)25-20(28)15-10-9-13-7-5-6-8-14(13)11-15/h5-11,26H,12H2,1-4H3,(H2,24,27)(H,25,28)/p+1. The molecule has 5 N–H and O–H groups in total. The highest BCUT2D eigenvalue weighted by Crippen LogP contribution is 2.42. The lowest BCUT2D eigenvalue weighted by Crippen LogP contribution is -3.03. The van der Waals surface area contributed by atoms with Crippen molar-refractivity contribution in [2.45, 2.75) is 45.2 Å². The number of carbonyl (C=O) groups is 2. The van der Waals surface area contributed by atoms with Crippen molar-refractivity contribution in [2.24, 2.45) is 5.73 Å². The first-order chi connectivity index (χ1) is 13.6. The highest BCUT2D eigenvalue weighted by Gasteiger charge is 2.45. The predicted molar refractivity (Wildman–Crippen MR) is 117 cm³/mol. The van der Waals surface area contributed by atoms with Crippen LogP contribution in [0.4, 0.5) is 5.00 Å². The van der Waals surface area contributed by atoms with Gasteiger partial charge in [-0.2, -0.15) is 0 Å². The number of hydrogen-bond acceptors (Lipinski definition) is 3. The van der Waals surface area contributed by atoms with Crippen LogP contribution in [0.25, 0.3) is 10.8 Å². The van der Waals surface area contributed by atoms with Gasteiger partial charge in [0.15, 0.2) is 0 Å². The van der Waals surface area contributed by atoms with Crippen molar-refractivity contribution in [1.29, 1.82) is 0 Å². The van der Waals surface area contributed by atoms with Crippen LogP contribution in [-0.4, -0.2) is 17.4 Å². The molecule has 2 aromatic carbocycles. The molecule has 150 valence electrons. The van der Waals surface area contributed by atoms with Crippen molar-refractivity contribution in [3.05, 3.63) is 64.0 Å². The second-order valence-corrected chi connectivity index (χ2v) is 10.0. The maximum Gasteiger partial charge on any atom is 0.256 e. The second kappa shape index (κ2) is 6.68. The zero-order valence-electron chi connectivity index (χ0n) is 17.1. The highest BCUT2D eigenvalue weighted by atomic mass is 32.1. The van der Waals surface area contributed by atoms with E-state index in [4.69, 9.17) is 5.73 Å². The van der Waals surface area contributed by atoms with Gasteiger partial charge in [-0.1, -0.05) is 30.3 Å². The number of nitrogens with one attached hydrogen (secondary N) is 1. The number of amides is 2. The molecule has 0 saturated carbocycles. The Hall–Kier alpha value is -2.70. The van der Waals surface area contributed by atoms with Crippen LogP contribution in [0, 0.1) is 0 Å². The van der Waals surface area contributed by atoms with E-state index in [1.807, 2.05) is 36.4 Å². The molecular weight excluding hydrogens is 382 g/mol. The molecule has 0 atom stereocenters. The smallest absolute Gasteiger partial charge is 0.256 e. The minimum absolute atomic E-state index is 0.0542. The molecule has 4 rings (SSSR count). The van der Waals surface area contributed by atoms with Gasteiger partial charge in [0.1, 0.15) is 10.5 Å². The summed E-state index contributed by atoms with van der Waals surface area (Å²) >= 11 is 1.46. The predicted octanol–water partition coefficient (Wildman–Crippen LogP) is 3.39. The molecule has 0 fully saturated rings. The first-order valence-electron chi connectivity index (χ1n) is 9.71. The van der Waals surface area contributed by atoms with Crippen LogP contribution in [0.3, 0.4) is 0 Å². The van der Waals surface area contributed by atoms with Crippen molar-refractivity contribution in [1.82, 2.24) is 0 Å². The third-order valence-corrected chi connectivity index (χ3v) is 6.95. The molecule has 0 aliphatic carbocycles. The topological polar surface area (TPSA) is 88.8 Å². The lowest BCUT2D eigenvalue weighted by atomic mass is 9.81. The Morgan fingerprint density at radius 2 is 1.76 bits per heavy atom. The van der Waals surface area contributed by atoms with Gasteiger partial charge >= 0.3 is 0 Å². The molecule has 0 bridgehead atoms. The molecular formula is C23H26N3O2S+. The van der Waals surface area contributed by atoms with Crippen molar-refractivity contribution in [3.63, 3.8) is 0 Å². The van der Waals surface area contributed by atoms with Crippen LogP contribution in [-0.2, 0) is 12.0 Å². The van der Waals surface area contributed by atoms with Gasteiger partial charge in [-0.05, 0) is 56.2 Å². The van der Waals surface area contributed by atoms with Gasteiger partial charge in [0.2, 0.25) is 0 Å². The minimum atomic E-state index is -0.496. The second-order valence-electron chi connectivity index (χ2n) is 9.03. The highest BCUT2D eigenvalue weighted by molar-refractivity contribution is 7.17. The Morgan fingerprint density at radius 1 is 1.07 bits per heavy atom. The molecule has 6 heteroatoms. The van der Waals surface area contributed by atoms with E-state index in [-0.39, 0.29) is 17.0 Å². The van der Waals surface area contributed by atoms with Gasteiger partial charge in [0.05, 0.1) is 16.0 Å². The average molecular weight is 409 g/mol. The van der Waals surface area contributed by atoms with Crippen LogP contribution >= 0.6 is 11.3 Å². The molecule has 3 aromatic rings. The zero-order chi connectivity index (χ0) is 21.0. The summed E-state index contributed by atoms with van der Waals surface area (Å²) in [6.07, 6.45) is 0.729. The van der Waals surface area contributed by atoms with E-state index in [0.717, 1.165) is 27.6 Å². The number of nitrogens with two attached hydrogens (primary N) is 2. The third-order valence-electron chi connectivity index (χ3n) is 5.46. The normalized spacial score (nSPS) is 17.0. The van der Waals surface area contributed by atoms with Gasteiger partial charge in [0, 0.05) is 12.0 Å². The fraction of sp³-hybridized carbons (Fsp3) is 0.304. The lowest BCUT2D eigenvalue weighted by molar-refractivity contribution is -0.789. The van der Waals surface area contributed by atoms with Crippen LogP contribution in [0.1, 0.15) is 58.9 Å². The Labute approximate surface area is 174 Å². The summed E-state index contributed by atoms with van der Waals surface area (Å²) in [6.45, 7) is 8.60. The fourth-order valence-corrected chi connectivity index (χ4v) is 5.85. The number of quaternary nitrogens is 1. The molecule has 2 heterocycles. The largest absolute Gasteiger partial charge is 0.365 e. The molecule has 2 amide bonds. The maximum atomic E-state index is 13.0. The van der Waals surface area contributed by atoms with Crippen molar-refractivity contribution in [2.75, 3.05) is 5.32 Å². The molecule has 0 radical (unpaired) electrons. The summed E-state index contributed by atoms with van der Waals surface area (Å²) in [5, 5.41) is 7.89. The zero-order valence-corrected chi connectivity index (χ0v) is 17.9. The number of rotatable bonds is 3. The van der Waals surface area contributed by atoms with E-state index in [1.165, 1.54) is 11.3 Å². The van der Waals surface area contributed by atoms with Crippen molar-refractivity contribution in [3.8, 4) is 0 Å². The summed E-state index contributed by atoms with van der Waals surface area (Å²) in [7, 11) is 0. The molecule has 29 heavy (non-hydrogen) atoms. The number of anilines is 1. The van der Waals surface area contributed by atoms with E-state index in [9.17, 15) is 9.59 Å². The number of carbonyl (C=O) groups excluding carboxylic acids is 2. The molecule has 1 aliphatic rings. The van der Waals surface area contributed by atoms with E-state index in [0.29, 0.717) is 16.1 Å². The molecule has 1 aromatic heterocycles. The van der Waals surface area contributed by atoms with Crippen LogP contribution in [0.15, 0.2) is 42.5 Å². The first kappa shape index (κ1) is 19.6. The molecule has 5 nitrogen and oxygen atoms in total. The average Bonchev–Trinajstić information content (AvgIpc) is 2.98. The third kappa shape index (κ3) is 3.54. The van der Waals surface area contributed by atoms with Gasteiger partial charge in [0.25, 0.3) is 11.8 Å². The van der Waals surface area contributed by atoms with E-state index < -0.39 is 5.91 Å². The summed E-state index contributed by atoms with van der Waals surface area (Å²) in [4.78, 5) is 26.4. The maximum absolute atomic E-state index is 13.0. The van der Waals surface area contributed by atoms with Crippen LogP contribution < -0.4 is 16.4 Å².